The molecule has 0 saturated heterocycles. The van der Waals surface area contributed by atoms with Gasteiger partial charge in [-0.25, -0.2) is 0 Å². The molecule has 0 saturated carbocycles. The fraction of sp³-hybridized carbons (Fsp3) is 0.205. The van der Waals surface area contributed by atoms with E-state index >= 15 is 0 Å². The second-order valence-corrected chi connectivity index (χ2v) is 12.8. The summed E-state index contributed by atoms with van der Waals surface area (Å²) < 4.78 is 52.4. The van der Waals surface area contributed by atoms with Crippen LogP contribution in [0.15, 0.2) is 108 Å². The standard InChI is InChI=1S/C31H28N3O.C13H12N.Ir/c1-18(2)21-11-8-12-22(19(3)4)29(21)34-28-20(5)16-32-17-26(28)33-31(34)25-14-9-13-24-23-10-6-7-15-27(23)35-30(24)25;1-10-3-6-12(7-4-10)13-8-5-11(2)9-14-13;/h6-13,15-19H,1-5H3;3-6,8-9H,1-2H3;/q2*-1;/i;1D3,2D3;. The van der Waals surface area contributed by atoms with Gasteiger partial charge in [0, 0.05) is 51.8 Å². The van der Waals surface area contributed by atoms with Gasteiger partial charge in [0.1, 0.15) is 5.58 Å². The van der Waals surface area contributed by atoms with Crippen LogP contribution in [0.4, 0.5) is 0 Å². The second kappa shape index (κ2) is 14.5. The van der Waals surface area contributed by atoms with Crippen LogP contribution in [0.3, 0.4) is 0 Å². The quantitative estimate of drug-likeness (QED) is 0.162. The molecule has 8 aromatic rings. The van der Waals surface area contributed by atoms with Crippen molar-refractivity contribution in [3.63, 3.8) is 0 Å². The summed E-state index contributed by atoms with van der Waals surface area (Å²) in [6, 6.07) is 32.8. The number of hydrogen-bond donors (Lipinski definition) is 0. The maximum Gasteiger partial charge on any atom is 0.120 e. The number of pyridine rings is 2. The zero-order valence-electron chi connectivity index (χ0n) is 34.5. The first kappa shape index (κ1) is 27.9. The predicted molar refractivity (Wildman–Crippen MR) is 201 cm³/mol. The van der Waals surface area contributed by atoms with E-state index in [1.165, 1.54) is 41.2 Å². The zero-order chi connectivity index (χ0) is 39.2. The predicted octanol–water partition coefficient (Wildman–Crippen LogP) is 11.5. The van der Waals surface area contributed by atoms with Gasteiger partial charge in [-0.05, 0) is 59.6 Å². The van der Waals surface area contributed by atoms with Crippen molar-refractivity contribution < 1.29 is 32.7 Å². The van der Waals surface area contributed by atoms with Gasteiger partial charge in [-0.3, -0.25) is 9.97 Å². The number of rotatable bonds is 5. The summed E-state index contributed by atoms with van der Waals surface area (Å²) in [4.78, 5) is 13.7. The van der Waals surface area contributed by atoms with E-state index in [-0.39, 0.29) is 31.2 Å². The van der Waals surface area contributed by atoms with Gasteiger partial charge < -0.3 is 14.0 Å². The van der Waals surface area contributed by atoms with Crippen molar-refractivity contribution in [2.75, 3.05) is 0 Å². The Labute approximate surface area is 316 Å². The first-order chi connectivity index (χ1) is 26.1. The third-order valence-corrected chi connectivity index (χ3v) is 8.72. The molecule has 0 aliphatic rings. The van der Waals surface area contributed by atoms with Gasteiger partial charge in [0.15, 0.2) is 0 Å². The Morgan fingerprint density at radius 1 is 0.780 bits per heavy atom. The Kier molecular flexibility index (Phi) is 8.10. The number of aromatic nitrogens is 4. The van der Waals surface area contributed by atoms with Crippen LogP contribution in [0.2, 0.25) is 0 Å². The van der Waals surface area contributed by atoms with Crippen LogP contribution >= 0.6 is 0 Å². The van der Waals surface area contributed by atoms with E-state index in [1.807, 2.05) is 36.7 Å². The molecule has 0 atom stereocenters. The van der Waals surface area contributed by atoms with E-state index in [0.717, 1.165) is 49.9 Å². The van der Waals surface area contributed by atoms with Gasteiger partial charge >= 0.3 is 0 Å². The number of para-hydroxylation sites is 2. The molecule has 0 aliphatic carbocycles. The van der Waals surface area contributed by atoms with E-state index in [0.29, 0.717) is 23.1 Å². The molecule has 50 heavy (non-hydrogen) atoms. The van der Waals surface area contributed by atoms with Crippen LogP contribution < -0.4 is 0 Å². The SMILES string of the molecule is Cc1cncc2nc(-c3[c-]ccc4c3oc3ccccc34)n(-c3c(C(C)C)cccc3C(C)C)c12.[2H]C([2H])([2H])c1c[c-]c(-c2ccc(C([2H])([2H])[2H])cn2)cc1.[Ir]. The largest absolute Gasteiger partial charge is 0.501 e. The van der Waals surface area contributed by atoms with Crippen LogP contribution in [0.1, 0.15) is 75.6 Å². The van der Waals surface area contributed by atoms with E-state index in [9.17, 15) is 0 Å². The van der Waals surface area contributed by atoms with Crippen LogP contribution in [-0.2, 0) is 20.1 Å². The monoisotopic (exact) mass is 839 g/mol. The summed E-state index contributed by atoms with van der Waals surface area (Å²) in [7, 11) is 0. The maximum atomic E-state index is 7.28. The average Bonchev–Trinajstić information content (AvgIpc) is 3.74. The Bertz CT molecular complexity index is 2560. The molecule has 0 spiro atoms. The summed E-state index contributed by atoms with van der Waals surface area (Å²) in [5.41, 5.74) is 10.9. The molecule has 4 aromatic heterocycles. The minimum atomic E-state index is -2.18. The third-order valence-electron chi connectivity index (χ3n) is 8.72. The normalized spacial score (nSPS) is 13.6. The molecule has 0 aliphatic heterocycles. The van der Waals surface area contributed by atoms with E-state index < -0.39 is 13.7 Å². The number of imidazole rings is 1. The van der Waals surface area contributed by atoms with Gasteiger partial charge in [0.2, 0.25) is 0 Å². The fourth-order valence-electron chi connectivity index (χ4n) is 6.34. The first-order valence-electron chi connectivity index (χ1n) is 19.4. The molecule has 5 nitrogen and oxygen atoms in total. The maximum absolute atomic E-state index is 7.28. The minimum absolute atomic E-state index is 0. The smallest absolute Gasteiger partial charge is 0.120 e. The average molecular weight is 839 g/mol. The molecular formula is C44H40IrN4O-2. The molecule has 0 unspecified atom stereocenters. The van der Waals surface area contributed by atoms with Crippen molar-refractivity contribution in [1.82, 2.24) is 19.5 Å². The molecule has 8 rings (SSSR count). The molecule has 253 valence electrons. The Morgan fingerprint density at radius 3 is 2.22 bits per heavy atom. The molecule has 0 amide bonds. The summed E-state index contributed by atoms with van der Waals surface area (Å²) in [6.07, 6.45) is 5.07. The first-order valence-corrected chi connectivity index (χ1v) is 16.4. The summed E-state index contributed by atoms with van der Waals surface area (Å²) in [5, 5.41) is 2.17. The number of fused-ring (bicyclic) bond motifs is 4. The number of furan rings is 1. The summed E-state index contributed by atoms with van der Waals surface area (Å²) >= 11 is 0. The number of benzene rings is 4. The molecule has 4 heterocycles. The van der Waals surface area contributed by atoms with Crippen molar-refractivity contribution in [2.45, 2.75) is 60.2 Å². The van der Waals surface area contributed by atoms with Crippen molar-refractivity contribution in [3.05, 3.63) is 143 Å². The van der Waals surface area contributed by atoms with E-state index in [2.05, 4.69) is 91.6 Å². The number of aryl methyl sites for hydroxylation is 3. The molecule has 0 fully saturated rings. The molecule has 6 heteroatoms. The van der Waals surface area contributed by atoms with E-state index in [4.69, 9.17) is 17.6 Å². The van der Waals surface area contributed by atoms with E-state index in [1.54, 1.807) is 12.1 Å². The Hall–Kier alpha value is -4.90. The fourth-order valence-corrected chi connectivity index (χ4v) is 6.34. The van der Waals surface area contributed by atoms with Crippen LogP contribution in [0.5, 0.6) is 0 Å². The number of hydrogen-bond acceptors (Lipinski definition) is 4. The zero-order valence-corrected chi connectivity index (χ0v) is 30.9. The summed E-state index contributed by atoms with van der Waals surface area (Å²) in [5.74, 6) is 1.53. The van der Waals surface area contributed by atoms with Gasteiger partial charge in [-0.2, -0.15) is 0 Å². The van der Waals surface area contributed by atoms with Gasteiger partial charge in [-0.1, -0.05) is 94.0 Å². The van der Waals surface area contributed by atoms with Gasteiger partial charge in [-0.15, -0.1) is 53.6 Å². The Morgan fingerprint density at radius 2 is 1.54 bits per heavy atom. The Balaban J connectivity index is 0.000000217. The molecular weight excluding hydrogens is 793 g/mol. The second-order valence-electron chi connectivity index (χ2n) is 12.8. The van der Waals surface area contributed by atoms with Crippen LogP contribution in [0.25, 0.3) is 61.3 Å². The van der Waals surface area contributed by atoms with Gasteiger partial charge in [0.25, 0.3) is 0 Å². The van der Waals surface area contributed by atoms with Crippen LogP contribution in [-0.4, -0.2) is 19.5 Å². The van der Waals surface area contributed by atoms with Crippen molar-refractivity contribution in [1.29, 1.82) is 0 Å². The third kappa shape index (κ3) is 6.54. The molecule has 0 bridgehead atoms. The van der Waals surface area contributed by atoms with Gasteiger partial charge in [0.05, 0.1) is 28.6 Å². The molecule has 1 radical (unpaired) electrons. The van der Waals surface area contributed by atoms with Crippen molar-refractivity contribution >= 4 is 33.0 Å². The van der Waals surface area contributed by atoms with Crippen LogP contribution in [0, 0.1) is 32.8 Å². The summed E-state index contributed by atoms with van der Waals surface area (Å²) in [6.45, 7) is 6.78. The minimum Gasteiger partial charge on any atom is -0.501 e. The van der Waals surface area contributed by atoms with Crippen molar-refractivity contribution in [2.24, 2.45) is 0 Å². The number of nitrogens with zero attached hydrogens (tertiary/aromatic N) is 4. The van der Waals surface area contributed by atoms with Crippen molar-refractivity contribution in [3.8, 4) is 28.3 Å². The molecule has 0 N–H and O–H groups in total. The molecule has 4 aromatic carbocycles. The topological polar surface area (TPSA) is 56.7 Å².